The summed E-state index contributed by atoms with van der Waals surface area (Å²) in [6.45, 7) is 7.70. The second kappa shape index (κ2) is 14.4. The molecule has 0 bridgehead atoms. The van der Waals surface area contributed by atoms with Crippen molar-refractivity contribution in [3.63, 3.8) is 0 Å². The van der Waals surface area contributed by atoms with E-state index in [1.165, 1.54) is 0 Å². The maximum atomic E-state index is 14.5. The Bertz CT molecular complexity index is 1680. The Morgan fingerprint density at radius 1 is 0.818 bits per heavy atom. The maximum absolute atomic E-state index is 14.5. The summed E-state index contributed by atoms with van der Waals surface area (Å²) in [6, 6.07) is 4.76. The van der Waals surface area contributed by atoms with Gasteiger partial charge in [0.1, 0.15) is 11.5 Å². The smallest absolute Gasteiger partial charge is 0.340 e. The minimum Gasteiger partial charge on any atom is -0.465 e. The Morgan fingerprint density at radius 2 is 1.41 bits per heavy atom. The number of ether oxygens (including phenoxy) is 4. The third kappa shape index (κ3) is 6.41. The molecular formula is C33H39NO10. The Hall–Kier alpha value is -4.41. The predicted molar refractivity (Wildman–Crippen MR) is 160 cm³/mol. The second-order valence-corrected chi connectivity index (χ2v) is 10.5. The van der Waals surface area contributed by atoms with Crippen LogP contribution in [0.3, 0.4) is 0 Å². The number of fused-ring (bicyclic) bond motifs is 2. The van der Waals surface area contributed by atoms with Crippen LogP contribution in [-0.2, 0) is 38.1 Å². The van der Waals surface area contributed by atoms with E-state index in [1.807, 2.05) is 6.92 Å². The molecule has 0 saturated heterocycles. The van der Waals surface area contributed by atoms with Gasteiger partial charge in [-0.2, -0.15) is 0 Å². The van der Waals surface area contributed by atoms with Crippen molar-refractivity contribution >= 4 is 46.1 Å². The quantitative estimate of drug-likeness (QED) is 0.313. The number of esters is 4. The molecule has 1 atom stereocenters. The monoisotopic (exact) mass is 609 g/mol. The summed E-state index contributed by atoms with van der Waals surface area (Å²) in [5.74, 6) is -5.94. The van der Waals surface area contributed by atoms with Gasteiger partial charge in [0.25, 0.3) is 0 Å². The molecule has 1 aromatic heterocycles. The molecule has 2 aliphatic carbocycles. The van der Waals surface area contributed by atoms with Gasteiger partial charge in [0.15, 0.2) is 5.42 Å². The Balaban J connectivity index is 2.35. The molecule has 11 nitrogen and oxygen atoms in total. The fourth-order valence-corrected chi connectivity index (χ4v) is 5.72. The van der Waals surface area contributed by atoms with Gasteiger partial charge in [0.2, 0.25) is 5.43 Å². The number of nitrogens with one attached hydrogen (secondary N) is 1. The van der Waals surface area contributed by atoms with E-state index in [0.717, 1.165) is 37.7 Å². The largest absolute Gasteiger partial charge is 0.465 e. The highest BCUT2D eigenvalue weighted by Crippen LogP contribution is 2.33. The molecule has 44 heavy (non-hydrogen) atoms. The first-order valence-electron chi connectivity index (χ1n) is 15.2. The van der Waals surface area contributed by atoms with Gasteiger partial charge in [-0.3, -0.25) is 9.59 Å². The molecule has 1 heterocycles. The zero-order chi connectivity index (χ0) is 32.0. The van der Waals surface area contributed by atoms with Crippen molar-refractivity contribution in [2.75, 3.05) is 26.4 Å². The lowest BCUT2D eigenvalue weighted by Crippen LogP contribution is -2.48. The van der Waals surface area contributed by atoms with Crippen molar-refractivity contribution in [2.24, 2.45) is 5.92 Å². The average Bonchev–Trinajstić information content (AvgIpc) is 3.11. The van der Waals surface area contributed by atoms with Gasteiger partial charge in [-0.15, -0.1) is 0 Å². The summed E-state index contributed by atoms with van der Waals surface area (Å²) in [5, 5.41) is 3.33. The van der Waals surface area contributed by atoms with Gasteiger partial charge in [0.05, 0.1) is 59.4 Å². The summed E-state index contributed by atoms with van der Waals surface area (Å²) in [6.07, 6.45) is 4.27. The molecule has 0 amide bonds. The molecule has 1 N–H and O–H groups in total. The van der Waals surface area contributed by atoms with Crippen molar-refractivity contribution in [1.29, 1.82) is 0 Å². The first-order valence-corrected chi connectivity index (χ1v) is 15.2. The maximum Gasteiger partial charge on any atom is 0.340 e. The van der Waals surface area contributed by atoms with Crippen LogP contribution in [-0.4, -0.2) is 56.3 Å². The standard InChI is InChI=1S/C33H39NO10/c1-6-40-30(36)22-23(31(37)41-7-2)25(33(39)43-9-4)29-26(28(35)20-16-15-18(5)17-21(20)44-29)27(24(22)32(38)42-8-3)34-19-13-11-10-12-14-19/h15-17,19,23,34H,6-14H2,1-5H3. The van der Waals surface area contributed by atoms with Gasteiger partial charge in [-0.25, -0.2) is 14.4 Å². The van der Waals surface area contributed by atoms with Crippen molar-refractivity contribution in [1.82, 2.24) is 5.32 Å². The average molecular weight is 610 g/mol. The summed E-state index contributed by atoms with van der Waals surface area (Å²) in [7, 11) is 0. The van der Waals surface area contributed by atoms with E-state index < -0.39 is 51.9 Å². The molecule has 0 spiro atoms. The third-order valence-corrected chi connectivity index (χ3v) is 7.59. The molecule has 1 unspecified atom stereocenters. The van der Waals surface area contributed by atoms with Crippen LogP contribution in [0.2, 0.25) is 0 Å². The van der Waals surface area contributed by atoms with Crippen molar-refractivity contribution in [3.05, 3.63) is 55.8 Å². The summed E-state index contributed by atoms with van der Waals surface area (Å²) in [4.78, 5) is 69.9. The number of rotatable bonds is 10. The molecule has 11 heteroatoms. The topological polar surface area (TPSA) is 147 Å². The minimum absolute atomic E-state index is 0.0711. The Labute approximate surface area is 254 Å². The van der Waals surface area contributed by atoms with E-state index in [0.29, 0.717) is 0 Å². The van der Waals surface area contributed by atoms with Crippen LogP contribution in [0.4, 0.5) is 0 Å². The van der Waals surface area contributed by atoms with E-state index in [2.05, 4.69) is 5.32 Å². The summed E-state index contributed by atoms with van der Waals surface area (Å²) < 4.78 is 27.9. The van der Waals surface area contributed by atoms with Crippen LogP contribution in [0.15, 0.2) is 38.6 Å². The summed E-state index contributed by atoms with van der Waals surface area (Å²) in [5.41, 5.74) is -1.38. The van der Waals surface area contributed by atoms with Gasteiger partial charge in [-0.1, -0.05) is 25.3 Å². The fraction of sp³-hybridized carbons (Fsp3) is 0.485. The van der Waals surface area contributed by atoms with Crippen LogP contribution in [0.1, 0.15) is 65.4 Å². The zero-order valence-corrected chi connectivity index (χ0v) is 25.8. The van der Waals surface area contributed by atoms with Gasteiger partial charge in [0, 0.05) is 6.04 Å². The number of aryl methyl sites for hydroxylation is 1. The molecule has 236 valence electrons. The highest BCUT2D eigenvalue weighted by Gasteiger charge is 2.45. The Morgan fingerprint density at radius 3 is 2.02 bits per heavy atom. The predicted octanol–water partition coefficient (Wildman–Crippen LogP) is 2.46. The molecule has 1 fully saturated rings. The molecule has 2 aromatic rings. The Kier molecular flexibility index (Phi) is 10.6. The van der Waals surface area contributed by atoms with E-state index >= 15 is 0 Å². The highest BCUT2D eigenvalue weighted by molar-refractivity contribution is 6.22. The third-order valence-electron chi connectivity index (χ3n) is 7.59. The van der Waals surface area contributed by atoms with Gasteiger partial charge >= 0.3 is 23.9 Å². The summed E-state index contributed by atoms with van der Waals surface area (Å²) >= 11 is 0. The molecule has 1 saturated carbocycles. The lowest BCUT2D eigenvalue weighted by atomic mass is 9.87. The number of hydrogen-bond donors (Lipinski definition) is 1. The van der Waals surface area contributed by atoms with E-state index in [-0.39, 0.29) is 59.8 Å². The first kappa shape index (κ1) is 32.5. The lowest BCUT2D eigenvalue weighted by molar-refractivity contribution is -0.150. The van der Waals surface area contributed by atoms with E-state index in [4.69, 9.17) is 23.4 Å². The molecule has 4 rings (SSSR count). The first-order chi connectivity index (χ1) is 21.2. The van der Waals surface area contributed by atoms with Crippen LogP contribution < -0.4 is 21.4 Å². The normalized spacial score (nSPS) is 17.1. The van der Waals surface area contributed by atoms with Crippen molar-refractivity contribution < 1.29 is 42.5 Å². The van der Waals surface area contributed by atoms with Gasteiger partial charge < -0.3 is 28.7 Å². The molecule has 2 aliphatic rings. The zero-order valence-electron chi connectivity index (χ0n) is 25.8. The van der Waals surface area contributed by atoms with Crippen molar-refractivity contribution in [3.8, 4) is 0 Å². The van der Waals surface area contributed by atoms with Crippen LogP contribution in [0, 0.1) is 12.8 Å². The molecule has 0 aliphatic heterocycles. The minimum atomic E-state index is -1.85. The lowest BCUT2D eigenvalue weighted by Gasteiger charge is -2.27. The SMILES string of the molecule is CCOC(=O)C1=C(C(=O)OCC)C(C(=O)OCC)C(C(=O)OCC)=c2oc3cc(C)ccc3c(=O)c2=C1NC1CCCCC1. The number of carbonyl (C=O) groups excluding carboxylic acids is 4. The van der Waals surface area contributed by atoms with E-state index in [9.17, 15) is 24.0 Å². The molecule has 1 aromatic carbocycles. The molecular weight excluding hydrogens is 570 g/mol. The number of hydrogen-bond acceptors (Lipinski definition) is 11. The second-order valence-electron chi connectivity index (χ2n) is 10.5. The van der Waals surface area contributed by atoms with E-state index in [1.54, 1.807) is 45.9 Å². The highest BCUT2D eigenvalue weighted by atomic mass is 16.5. The fourth-order valence-electron chi connectivity index (χ4n) is 5.72. The number of carbonyl (C=O) groups is 4. The van der Waals surface area contributed by atoms with Crippen LogP contribution in [0.25, 0.3) is 22.2 Å². The van der Waals surface area contributed by atoms with Crippen LogP contribution >= 0.6 is 0 Å². The molecule has 0 radical (unpaired) electrons. The number of benzene rings is 1. The van der Waals surface area contributed by atoms with Gasteiger partial charge in [-0.05, 0) is 65.2 Å². The van der Waals surface area contributed by atoms with Crippen molar-refractivity contribution in [2.45, 2.75) is 72.8 Å². The van der Waals surface area contributed by atoms with Crippen LogP contribution in [0.5, 0.6) is 0 Å².